The number of imidazole rings is 1. The first kappa shape index (κ1) is 31.6. The summed E-state index contributed by atoms with van der Waals surface area (Å²) in [4.78, 5) is 42.4. The molecule has 0 aliphatic carbocycles. The van der Waals surface area contributed by atoms with Gasteiger partial charge in [0.1, 0.15) is 48.8 Å². The summed E-state index contributed by atoms with van der Waals surface area (Å²) in [7, 11) is -5.46. The summed E-state index contributed by atoms with van der Waals surface area (Å²) in [6.07, 6.45) is -15.6. The number of aliphatic hydroxyl groups is 7. The number of nitrogens with zero attached hydrogens (tertiary/aromatic N) is 3. The molecule has 40 heavy (non-hydrogen) atoms. The van der Waals surface area contributed by atoms with E-state index < -0.39 is 94.7 Å². The molecule has 2 fully saturated rings. The second kappa shape index (κ2) is 12.1. The van der Waals surface area contributed by atoms with Crippen LogP contribution in [-0.4, -0.2) is 133 Å². The Morgan fingerprint density at radius 3 is 2.45 bits per heavy atom. The average molecular weight is 636 g/mol. The summed E-state index contributed by atoms with van der Waals surface area (Å²) in [5.74, 6) is 0. The average Bonchev–Trinajstić information content (AvgIpc) is 3.43. The topological polar surface area (TPSA) is 309 Å². The Labute approximate surface area is 227 Å². The van der Waals surface area contributed by atoms with Crippen LogP contribution in [-0.2, 0) is 39.2 Å². The number of hydrogen-bond acceptors (Lipinski definition) is 17. The van der Waals surface area contributed by atoms with Crippen LogP contribution in [0.25, 0.3) is 11.2 Å². The van der Waals surface area contributed by atoms with Gasteiger partial charge in [0.2, 0.25) is 0 Å². The van der Waals surface area contributed by atoms with E-state index in [4.69, 9.17) is 19.1 Å². The van der Waals surface area contributed by atoms with Crippen molar-refractivity contribution in [2.45, 2.75) is 61.3 Å². The second-order valence-corrected chi connectivity index (χ2v) is 13.1. The van der Waals surface area contributed by atoms with Gasteiger partial charge in [0.15, 0.2) is 23.7 Å². The summed E-state index contributed by atoms with van der Waals surface area (Å²) < 4.78 is 38.2. The molecular weight excluding hydrogens is 610 g/mol. The lowest BCUT2D eigenvalue weighted by Crippen LogP contribution is -2.61. The first-order chi connectivity index (χ1) is 18.7. The number of aliphatic hydroxyl groups excluding tert-OH is 7. The summed E-state index contributed by atoms with van der Waals surface area (Å²) >= 11 is 4.68. The molecule has 20 nitrogen and oxygen atoms in total. The standard InChI is InChI=1S/C17H26N4O16P2S/c22-1-5(23)13-10(26)9(25)12(28)17(35-13)36-38(30,31)37-39(32,40)33-2-6-8(24)11(27)16(34-6)21-4-20-7-14(21)18-3-19-15(7)29/h3-6,8-13,16-17,22-28H,1-2H2,(H,30,31)(H,32,40)(H,18,19,29)/t5-,6-,8?,9+,10+,11+,12?,13?,16-,17+,39?/m1/s1. The van der Waals surface area contributed by atoms with Crippen molar-refractivity contribution in [3.8, 4) is 0 Å². The number of hydrogen-bond donors (Lipinski definition) is 10. The van der Waals surface area contributed by atoms with Crippen molar-refractivity contribution in [3.05, 3.63) is 23.0 Å². The van der Waals surface area contributed by atoms with E-state index in [1.807, 2.05) is 0 Å². The van der Waals surface area contributed by atoms with Crippen LogP contribution in [0.3, 0.4) is 0 Å². The molecule has 0 bridgehead atoms. The van der Waals surface area contributed by atoms with Crippen molar-refractivity contribution < 1.29 is 72.9 Å². The lowest BCUT2D eigenvalue weighted by Gasteiger charge is -2.41. The maximum Gasteiger partial charge on any atom is 0.481 e. The van der Waals surface area contributed by atoms with Crippen molar-refractivity contribution in [3.63, 3.8) is 0 Å². The molecule has 10 N–H and O–H groups in total. The Morgan fingerprint density at radius 2 is 1.77 bits per heavy atom. The van der Waals surface area contributed by atoms with Gasteiger partial charge in [-0.15, -0.1) is 0 Å². The monoisotopic (exact) mass is 636 g/mol. The predicted molar refractivity (Wildman–Crippen MR) is 128 cm³/mol. The summed E-state index contributed by atoms with van der Waals surface area (Å²) in [5.41, 5.74) is -0.617. The summed E-state index contributed by atoms with van der Waals surface area (Å²) in [6, 6.07) is 0. The molecule has 4 rings (SSSR count). The van der Waals surface area contributed by atoms with E-state index in [1.165, 1.54) is 4.57 Å². The normalized spacial score (nSPS) is 36.8. The van der Waals surface area contributed by atoms with Crippen molar-refractivity contribution in [2.75, 3.05) is 13.2 Å². The van der Waals surface area contributed by atoms with Gasteiger partial charge in [0.05, 0.1) is 25.9 Å². The Morgan fingerprint density at radius 1 is 1.07 bits per heavy atom. The molecule has 5 unspecified atom stereocenters. The number of ether oxygens (including phenoxy) is 2. The van der Waals surface area contributed by atoms with Crippen LogP contribution in [0.15, 0.2) is 17.4 Å². The first-order valence-electron chi connectivity index (χ1n) is 11.3. The fraction of sp³-hybridized carbons (Fsp3) is 0.706. The number of H-pyrrole nitrogens is 1. The van der Waals surface area contributed by atoms with E-state index in [0.717, 1.165) is 12.7 Å². The maximum atomic E-state index is 12.5. The zero-order chi connectivity index (χ0) is 29.6. The minimum Gasteiger partial charge on any atom is -0.394 e. The van der Waals surface area contributed by atoms with Crippen molar-refractivity contribution in [1.82, 2.24) is 19.5 Å². The van der Waals surface area contributed by atoms with E-state index in [1.54, 1.807) is 0 Å². The third-order valence-electron chi connectivity index (χ3n) is 5.99. The number of nitrogens with one attached hydrogen (secondary N) is 1. The van der Waals surface area contributed by atoms with Crippen molar-refractivity contribution in [1.29, 1.82) is 0 Å². The van der Waals surface area contributed by atoms with Crippen molar-refractivity contribution >= 4 is 37.5 Å². The van der Waals surface area contributed by atoms with Gasteiger partial charge in [-0.3, -0.25) is 13.9 Å². The van der Waals surface area contributed by atoms with Gasteiger partial charge in [-0.05, 0) is 11.8 Å². The van der Waals surface area contributed by atoms with E-state index in [-0.39, 0.29) is 11.2 Å². The lowest BCUT2D eigenvalue weighted by molar-refractivity contribution is -0.292. The van der Waals surface area contributed by atoms with E-state index >= 15 is 0 Å². The molecule has 0 aromatic carbocycles. The fourth-order valence-corrected chi connectivity index (χ4v) is 7.10. The van der Waals surface area contributed by atoms with Crippen LogP contribution in [0.2, 0.25) is 0 Å². The van der Waals surface area contributed by atoms with Gasteiger partial charge in [-0.2, -0.15) is 0 Å². The zero-order valence-corrected chi connectivity index (χ0v) is 22.5. The number of aromatic nitrogens is 4. The molecule has 0 amide bonds. The SMILES string of the molecule is O=c1[nH]cnc2c1ncn2[C@@H]1O[C@H](COP(O)(=S)OP(=O)(O)O[C@@H]2OC([C@H](O)CO)[C@@H](O)[C@H](O)C2O)C(O)[C@@H]1O. The molecule has 226 valence electrons. The Bertz CT molecular complexity index is 1350. The Balaban J connectivity index is 1.38. The van der Waals surface area contributed by atoms with Crippen LogP contribution in [0.5, 0.6) is 0 Å². The van der Waals surface area contributed by atoms with Gasteiger partial charge in [-0.25, -0.2) is 18.8 Å². The highest BCUT2D eigenvalue weighted by Crippen LogP contribution is 2.61. The number of rotatable bonds is 10. The molecule has 0 saturated carbocycles. The third-order valence-corrected chi connectivity index (χ3v) is 9.51. The molecule has 2 aliphatic heterocycles. The molecular formula is C17H26N4O16P2S. The van der Waals surface area contributed by atoms with Gasteiger partial charge in [-0.1, -0.05) is 0 Å². The molecule has 23 heteroatoms. The molecule has 2 aliphatic rings. The molecule has 4 heterocycles. The van der Waals surface area contributed by atoms with Crippen LogP contribution < -0.4 is 5.56 Å². The zero-order valence-electron chi connectivity index (χ0n) is 19.9. The predicted octanol–water partition coefficient (Wildman–Crippen LogP) is -4.73. The summed E-state index contributed by atoms with van der Waals surface area (Å²) in [5, 5.41) is 69.5. The summed E-state index contributed by atoms with van der Waals surface area (Å²) in [6.45, 7) is -6.43. The number of phosphoric ester groups is 1. The molecule has 2 aromatic heterocycles. The highest BCUT2D eigenvalue weighted by Gasteiger charge is 2.50. The van der Waals surface area contributed by atoms with Crippen LogP contribution >= 0.6 is 14.5 Å². The highest BCUT2D eigenvalue weighted by molar-refractivity contribution is 8.08. The quantitative estimate of drug-likeness (QED) is 0.109. The van der Waals surface area contributed by atoms with E-state index in [2.05, 4.69) is 35.6 Å². The number of fused-ring (bicyclic) bond motifs is 1. The lowest BCUT2D eigenvalue weighted by atomic mass is 9.96. The number of phosphoric acid groups is 1. The minimum absolute atomic E-state index is 0.0223. The second-order valence-electron chi connectivity index (χ2n) is 8.71. The van der Waals surface area contributed by atoms with Gasteiger partial charge in [0, 0.05) is 0 Å². The largest absolute Gasteiger partial charge is 0.481 e. The molecule has 2 saturated heterocycles. The van der Waals surface area contributed by atoms with Gasteiger partial charge < -0.3 is 64.5 Å². The number of aromatic amines is 1. The fourth-order valence-electron chi connectivity index (χ4n) is 4.00. The molecule has 0 spiro atoms. The Hall–Kier alpha value is -1.33. The van der Waals surface area contributed by atoms with E-state index in [9.17, 15) is 49.8 Å². The third kappa shape index (κ3) is 6.51. The van der Waals surface area contributed by atoms with Crippen LogP contribution in [0.1, 0.15) is 6.23 Å². The van der Waals surface area contributed by atoms with Crippen LogP contribution in [0, 0.1) is 0 Å². The molecule has 2 aromatic rings. The van der Waals surface area contributed by atoms with E-state index in [0.29, 0.717) is 0 Å². The van der Waals surface area contributed by atoms with Crippen molar-refractivity contribution in [2.24, 2.45) is 0 Å². The maximum absolute atomic E-state index is 12.5. The minimum atomic E-state index is -5.46. The highest BCUT2D eigenvalue weighted by atomic mass is 32.5. The van der Waals surface area contributed by atoms with Crippen LogP contribution in [0.4, 0.5) is 0 Å². The van der Waals surface area contributed by atoms with Gasteiger partial charge in [0.25, 0.3) is 5.56 Å². The Kier molecular flexibility index (Phi) is 9.57. The van der Waals surface area contributed by atoms with Gasteiger partial charge >= 0.3 is 14.5 Å². The first-order valence-corrected chi connectivity index (χ1v) is 15.3. The molecule has 0 radical (unpaired) electrons. The smallest absolute Gasteiger partial charge is 0.394 e. The molecule has 12 atom stereocenters.